The van der Waals surface area contributed by atoms with Crippen LogP contribution in [0.15, 0.2) is 48.5 Å². The lowest BCUT2D eigenvalue weighted by atomic mass is 10.0. The highest BCUT2D eigenvalue weighted by atomic mass is 127. The Morgan fingerprint density at radius 3 is 2.24 bits per heavy atom. The van der Waals surface area contributed by atoms with Gasteiger partial charge in [-0.25, -0.2) is 9.18 Å². The molecular weight excluding hydrogens is 490 g/mol. The highest BCUT2D eigenvalue weighted by Crippen LogP contribution is 2.11. The van der Waals surface area contributed by atoms with Crippen LogP contribution in [0.4, 0.5) is 4.39 Å². The van der Waals surface area contributed by atoms with E-state index in [4.69, 9.17) is 4.74 Å². The summed E-state index contributed by atoms with van der Waals surface area (Å²) in [5, 5.41) is 5.20. The lowest BCUT2D eigenvalue weighted by Crippen LogP contribution is -2.53. The van der Waals surface area contributed by atoms with Gasteiger partial charge < -0.3 is 15.4 Å². The number of nitrogens with one attached hydrogen (secondary N) is 2. The van der Waals surface area contributed by atoms with Crippen molar-refractivity contribution in [3.05, 3.63) is 69.0 Å². The number of amides is 2. The van der Waals surface area contributed by atoms with Crippen LogP contribution < -0.4 is 10.6 Å². The molecule has 0 bridgehead atoms. The molecule has 2 N–H and O–H groups in total. The number of carbonyl (C=O) groups excluding carboxylic acids is 3. The van der Waals surface area contributed by atoms with Gasteiger partial charge in [0.15, 0.2) is 0 Å². The summed E-state index contributed by atoms with van der Waals surface area (Å²) in [6.45, 7) is 1.29. The summed E-state index contributed by atoms with van der Waals surface area (Å²) in [7, 11) is 1.24. The van der Waals surface area contributed by atoms with Crippen LogP contribution in [0.25, 0.3) is 0 Å². The van der Waals surface area contributed by atoms with Crippen molar-refractivity contribution in [1.29, 1.82) is 0 Å². The zero-order valence-corrected chi connectivity index (χ0v) is 18.2. The van der Waals surface area contributed by atoms with E-state index in [2.05, 4.69) is 33.2 Å². The first-order valence-corrected chi connectivity index (χ1v) is 10.0. The topological polar surface area (TPSA) is 84.5 Å². The molecule has 0 aliphatic carbocycles. The Labute approximate surface area is 182 Å². The number of hydrogen-bond acceptors (Lipinski definition) is 4. The molecule has 0 unspecified atom stereocenters. The van der Waals surface area contributed by atoms with Crippen LogP contribution in [0.3, 0.4) is 0 Å². The van der Waals surface area contributed by atoms with Gasteiger partial charge in [0.1, 0.15) is 17.9 Å². The molecule has 2 rings (SSSR count). The molecule has 0 aliphatic rings. The number of hydrogen-bond donors (Lipinski definition) is 2. The van der Waals surface area contributed by atoms with Crippen LogP contribution in [0.1, 0.15) is 18.1 Å². The molecule has 0 radical (unpaired) electrons. The summed E-state index contributed by atoms with van der Waals surface area (Å²) in [6, 6.07) is 11.4. The summed E-state index contributed by atoms with van der Waals surface area (Å²) in [4.78, 5) is 36.6. The Hall–Kier alpha value is -2.49. The number of esters is 1. The van der Waals surface area contributed by atoms with Gasteiger partial charge in [0.05, 0.1) is 7.11 Å². The molecule has 0 saturated carbocycles. The van der Waals surface area contributed by atoms with E-state index in [9.17, 15) is 18.8 Å². The first-order chi connectivity index (χ1) is 13.8. The minimum absolute atomic E-state index is 0.0839. The lowest BCUT2D eigenvalue weighted by Gasteiger charge is -2.22. The molecule has 2 amide bonds. The molecule has 0 saturated heterocycles. The fraction of sp³-hybridized carbons (Fsp3) is 0.286. The van der Waals surface area contributed by atoms with E-state index in [1.165, 1.54) is 32.2 Å². The van der Waals surface area contributed by atoms with Crippen molar-refractivity contribution in [2.24, 2.45) is 0 Å². The van der Waals surface area contributed by atoms with Gasteiger partial charge in [0.25, 0.3) is 0 Å². The van der Waals surface area contributed by atoms with Crippen molar-refractivity contribution in [1.82, 2.24) is 10.6 Å². The molecule has 0 fully saturated rings. The average Bonchev–Trinajstić information content (AvgIpc) is 2.67. The van der Waals surface area contributed by atoms with E-state index in [1.54, 1.807) is 6.07 Å². The molecule has 0 aliphatic heterocycles. The Morgan fingerprint density at radius 2 is 1.66 bits per heavy atom. The lowest BCUT2D eigenvalue weighted by molar-refractivity contribution is -0.145. The van der Waals surface area contributed by atoms with Gasteiger partial charge in [-0.3, -0.25) is 9.59 Å². The van der Waals surface area contributed by atoms with E-state index >= 15 is 0 Å². The standard InChI is InChI=1S/C21H22FIN2O4/c1-13(26)24-18(12-15-4-3-5-16(22)10-15)20(27)25-19(21(28)29-2)11-14-6-8-17(23)9-7-14/h3-10,18-19H,11-12H2,1-2H3,(H,24,26)(H,25,27)/t18-,19+/m0/s1. The first kappa shape index (κ1) is 22.8. The van der Waals surface area contributed by atoms with Crippen LogP contribution in [0, 0.1) is 9.39 Å². The molecule has 6 nitrogen and oxygen atoms in total. The molecule has 0 aromatic heterocycles. The van der Waals surface area contributed by atoms with Gasteiger partial charge >= 0.3 is 5.97 Å². The van der Waals surface area contributed by atoms with E-state index < -0.39 is 35.7 Å². The summed E-state index contributed by atoms with van der Waals surface area (Å²) < 4.78 is 19.3. The van der Waals surface area contributed by atoms with Gasteiger partial charge in [-0.05, 0) is 58.0 Å². The van der Waals surface area contributed by atoms with Gasteiger partial charge in [0, 0.05) is 23.3 Å². The monoisotopic (exact) mass is 512 g/mol. The molecule has 2 aromatic rings. The van der Waals surface area contributed by atoms with E-state index in [0.717, 1.165) is 9.13 Å². The van der Waals surface area contributed by atoms with Crippen molar-refractivity contribution in [2.75, 3.05) is 7.11 Å². The average molecular weight is 512 g/mol. The van der Waals surface area contributed by atoms with Crippen molar-refractivity contribution in [3.63, 3.8) is 0 Å². The van der Waals surface area contributed by atoms with E-state index in [1.807, 2.05) is 24.3 Å². The zero-order valence-electron chi connectivity index (χ0n) is 16.1. The zero-order chi connectivity index (χ0) is 21.4. The van der Waals surface area contributed by atoms with E-state index in [-0.39, 0.29) is 12.8 Å². The van der Waals surface area contributed by atoms with Crippen LogP contribution >= 0.6 is 22.6 Å². The summed E-state index contributed by atoms with van der Waals surface area (Å²) in [5.74, 6) is -1.99. The third-order valence-corrected chi connectivity index (χ3v) is 4.90. The fourth-order valence-corrected chi connectivity index (χ4v) is 3.18. The number of ether oxygens (including phenoxy) is 1. The molecule has 8 heteroatoms. The minimum atomic E-state index is -0.960. The predicted octanol–water partition coefficient (Wildman–Crippen LogP) is 2.38. The van der Waals surface area contributed by atoms with Crippen LogP contribution in [0.2, 0.25) is 0 Å². The van der Waals surface area contributed by atoms with Gasteiger partial charge in [0.2, 0.25) is 11.8 Å². The molecule has 2 aromatic carbocycles. The van der Waals surface area contributed by atoms with Crippen molar-refractivity contribution < 1.29 is 23.5 Å². The molecule has 0 heterocycles. The third kappa shape index (κ3) is 7.45. The molecule has 154 valence electrons. The molecular formula is C21H22FIN2O4. The van der Waals surface area contributed by atoms with Crippen molar-refractivity contribution in [3.8, 4) is 0 Å². The largest absolute Gasteiger partial charge is 0.467 e. The normalized spacial score (nSPS) is 12.6. The quantitative estimate of drug-likeness (QED) is 0.421. The number of benzene rings is 2. The highest BCUT2D eigenvalue weighted by Gasteiger charge is 2.27. The Balaban J connectivity index is 2.16. The van der Waals surface area contributed by atoms with Gasteiger partial charge in [-0.15, -0.1) is 0 Å². The number of methoxy groups -OCH3 is 1. The highest BCUT2D eigenvalue weighted by molar-refractivity contribution is 14.1. The predicted molar refractivity (Wildman–Crippen MR) is 115 cm³/mol. The minimum Gasteiger partial charge on any atom is -0.467 e. The fourth-order valence-electron chi connectivity index (χ4n) is 2.82. The third-order valence-electron chi connectivity index (χ3n) is 4.18. The van der Waals surface area contributed by atoms with E-state index in [0.29, 0.717) is 5.56 Å². The summed E-state index contributed by atoms with van der Waals surface area (Å²) in [5.41, 5.74) is 1.40. The van der Waals surface area contributed by atoms with Crippen molar-refractivity contribution >= 4 is 40.4 Å². The first-order valence-electron chi connectivity index (χ1n) is 8.92. The number of rotatable bonds is 8. The smallest absolute Gasteiger partial charge is 0.328 e. The molecule has 0 spiro atoms. The maximum absolute atomic E-state index is 13.5. The summed E-state index contributed by atoms with van der Waals surface area (Å²) in [6.07, 6.45) is 0.322. The van der Waals surface area contributed by atoms with Crippen LogP contribution in [-0.4, -0.2) is 37.0 Å². The SMILES string of the molecule is COC(=O)[C@@H](Cc1ccc(I)cc1)NC(=O)[C@H](Cc1cccc(F)c1)NC(C)=O. The number of halogens is 2. The van der Waals surface area contributed by atoms with Crippen LogP contribution in [-0.2, 0) is 32.0 Å². The van der Waals surface area contributed by atoms with Crippen LogP contribution in [0.5, 0.6) is 0 Å². The molecule has 29 heavy (non-hydrogen) atoms. The van der Waals surface area contributed by atoms with Gasteiger partial charge in [-0.2, -0.15) is 0 Å². The Kier molecular flexibility index (Phi) is 8.56. The second-order valence-electron chi connectivity index (χ2n) is 6.50. The second kappa shape index (κ2) is 10.9. The van der Waals surface area contributed by atoms with Gasteiger partial charge in [-0.1, -0.05) is 24.3 Å². The second-order valence-corrected chi connectivity index (χ2v) is 7.75. The maximum atomic E-state index is 13.5. The summed E-state index contributed by atoms with van der Waals surface area (Å²) >= 11 is 2.17. The Bertz CT molecular complexity index is 873. The molecule has 2 atom stereocenters. The van der Waals surface area contributed by atoms with Crippen molar-refractivity contribution in [2.45, 2.75) is 31.8 Å². The number of carbonyl (C=O) groups is 3. The Morgan fingerprint density at radius 1 is 1.00 bits per heavy atom. The maximum Gasteiger partial charge on any atom is 0.328 e.